The number of aryl methyl sites for hydroxylation is 1. The summed E-state index contributed by atoms with van der Waals surface area (Å²) in [5.74, 6) is 0.949. The normalized spacial score (nSPS) is 12.2. The molecular formula is C19H19NO. The molecule has 2 nitrogen and oxygen atoms in total. The first-order valence-electron chi connectivity index (χ1n) is 7.21. The van der Waals surface area contributed by atoms with Gasteiger partial charge in [-0.25, -0.2) is 0 Å². The van der Waals surface area contributed by atoms with Gasteiger partial charge in [0.2, 0.25) is 0 Å². The van der Waals surface area contributed by atoms with Crippen molar-refractivity contribution >= 4 is 0 Å². The van der Waals surface area contributed by atoms with Gasteiger partial charge in [0.1, 0.15) is 5.76 Å². The summed E-state index contributed by atoms with van der Waals surface area (Å²) >= 11 is 0. The zero-order valence-electron chi connectivity index (χ0n) is 12.1. The van der Waals surface area contributed by atoms with Crippen LogP contribution in [-0.2, 0) is 6.54 Å². The van der Waals surface area contributed by atoms with Gasteiger partial charge in [-0.15, -0.1) is 0 Å². The second kappa shape index (κ2) is 6.42. The van der Waals surface area contributed by atoms with Gasteiger partial charge >= 0.3 is 0 Å². The Morgan fingerprint density at radius 3 is 2.38 bits per heavy atom. The molecule has 0 fully saturated rings. The van der Waals surface area contributed by atoms with Gasteiger partial charge in [-0.2, -0.15) is 0 Å². The Labute approximate surface area is 125 Å². The molecule has 21 heavy (non-hydrogen) atoms. The third kappa shape index (κ3) is 3.23. The summed E-state index contributed by atoms with van der Waals surface area (Å²) in [5, 5.41) is 3.60. The lowest BCUT2D eigenvalue weighted by molar-refractivity contribution is 0.468. The molecule has 0 saturated heterocycles. The standard InChI is InChI=1S/C19H19NO/c1-15-8-5-6-12-18(15)19(16-9-3-2-4-10-16)20-14-17-11-7-13-21-17/h2-13,19-20H,14H2,1H3. The molecule has 1 heterocycles. The minimum atomic E-state index is 0.164. The summed E-state index contributed by atoms with van der Waals surface area (Å²) in [6, 6.07) is 23.1. The molecular weight excluding hydrogens is 258 g/mol. The molecule has 0 spiro atoms. The molecule has 0 bridgehead atoms. The van der Waals surface area contributed by atoms with Crippen LogP contribution in [0.5, 0.6) is 0 Å². The molecule has 106 valence electrons. The average Bonchev–Trinajstić information content (AvgIpc) is 3.04. The fraction of sp³-hybridized carbons (Fsp3) is 0.158. The molecule has 2 aromatic carbocycles. The minimum absolute atomic E-state index is 0.164. The fourth-order valence-corrected chi connectivity index (χ4v) is 2.58. The van der Waals surface area contributed by atoms with Crippen molar-refractivity contribution < 1.29 is 4.42 Å². The molecule has 3 aromatic rings. The lowest BCUT2D eigenvalue weighted by atomic mass is 9.95. The van der Waals surface area contributed by atoms with E-state index in [1.54, 1.807) is 6.26 Å². The van der Waals surface area contributed by atoms with Crippen molar-refractivity contribution in [2.75, 3.05) is 0 Å². The van der Waals surface area contributed by atoms with Gasteiger partial charge in [0.15, 0.2) is 0 Å². The number of hydrogen-bond donors (Lipinski definition) is 1. The maximum atomic E-state index is 5.42. The molecule has 0 radical (unpaired) electrons. The first kappa shape index (κ1) is 13.7. The Hall–Kier alpha value is -2.32. The third-order valence-corrected chi connectivity index (χ3v) is 3.69. The third-order valence-electron chi connectivity index (χ3n) is 3.69. The Morgan fingerprint density at radius 2 is 1.67 bits per heavy atom. The molecule has 1 atom stereocenters. The van der Waals surface area contributed by atoms with Crippen LogP contribution in [0.2, 0.25) is 0 Å². The maximum Gasteiger partial charge on any atom is 0.117 e. The molecule has 0 aliphatic heterocycles. The SMILES string of the molecule is Cc1ccccc1C(NCc1ccco1)c1ccccc1. The number of nitrogens with one attached hydrogen (secondary N) is 1. The van der Waals surface area contributed by atoms with Crippen molar-refractivity contribution in [1.29, 1.82) is 0 Å². The van der Waals surface area contributed by atoms with E-state index in [1.807, 2.05) is 18.2 Å². The Morgan fingerprint density at radius 1 is 0.905 bits per heavy atom. The maximum absolute atomic E-state index is 5.42. The van der Waals surface area contributed by atoms with E-state index in [0.29, 0.717) is 6.54 Å². The second-order valence-electron chi connectivity index (χ2n) is 5.16. The van der Waals surface area contributed by atoms with Crippen LogP contribution in [0.15, 0.2) is 77.4 Å². The highest BCUT2D eigenvalue weighted by Crippen LogP contribution is 2.25. The Balaban J connectivity index is 1.90. The van der Waals surface area contributed by atoms with Crippen LogP contribution in [-0.4, -0.2) is 0 Å². The highest BCUT2D eigenvalue weighted by atomic mass is 16.3. The van der Waals surface area contributed by atoms with Crippen molar-refractivity contribution in [3.05, 3.63) is 95.4 Å². The molecule has 0 saturated carbocycles. The smallest absolute Gasteiger partial charge is 0.117 e. The van der Waals surface area contributed by atoms with Gasteiger partial charge in [0.25, 0.3) is 0 Å². The van der Waals surface area contributed by atoms with Crippen molar-refractivity contribution in [3.8, 4) is 0 Å². The molecule has 3 rings (SSSR count). The first-order valence-corrected chi connectivity index (χ1v) is 7.21. The number of benzene rings is 2. The first-order chi connectivity index (χ1) is 10.3. The summed E-state index contributed by atoms with van der Waals surface area (Å²) in [6.07, 6.45) is 1.71. The molecule has 1 N–H and O–H groups in total. The van der Waals surface area contributed by atoms with Crippen LogP contribution in [0.25, 0.3) is 0 Å². The molecule has 2 heteroatoms. The largest absolute Gasteiger partial charge is 0.468 e. The molecule has 0 amide bonds. The van der Waals surface area contributed by atoms with E-state index in [2.05, 4.69) is 60.8 Å². The van der Waals surface area contributed by atoms with Gasteiger partial charge < -0.3 is 4.42 Å². The van der Waals surface area contributed by atoms with Crippen LogP contribution in [0.1, 0.15) is 28.5 Å². The summed E-state index contributed by atoms with van der Waals surface area (Å²) < 4.78 is 5.42. The van der Waals surface area contributed by atoms with Crippen molar-refractivity contribution in [3.63, 3.8) is 0 Å². The van der Waals surface area contributed by atoms with E-state index in [-0.39, 0.29) is 6.04 Å². The minimum Gasteiger partial charge on any atom is -0.468 e. The number of furan rings is 1. The van der Waals surface area contributed by atoms with Gasteiger partial charge in [0.05, 0.1) is 18.8 Å². The monoisotopic (exact) mass is 277 g/mol. The number of hydrogen-bond acceptors (Lipinski definition) is 2. The second-order valence-corrected chi connectivity index (χ2v) is 5.16. The summed E-state index contributed by atoms with van der Waals surface area (Å²) in [7, 11) is 0. The quantitative estimate of drug-likeness (QED) is 0.744. The van der Waals surface area contributed by atoms with E-state index in [4.69, 9.17) is 4.42 Å². The molecule has 1 aromatic heterocycles. The molecule has 1 unspecified atom stereocenters. The zero-order valence-corrected chi connectivity index (χ0v) is 12.1. The van der Waals surface area contributed by atoms with Crippen molar-refractivity contribution in [1.82, 2.24) is 5.32 Å². The fourth-order valence-electron chi connectivity index (χ4n) is 2.58. The van der Waals surface area contributed by atoms with Crippen molar-refractivity contribution in [2.24, 2.45) is 0 Å². The zero-order chi connectivity index (χ0) is 14.5. The van der Waals surface area contributed by atoms with E-state index in [1.165, 1.54) is 16.7 Å². The van der Waals surface area contributed by atoms with E-state index in [9.17, 15) is 0 Å². The van der Waals surface area contributed by atoms with Gasteiger partial charge in [-0.05, 0) is 35.7 Å². The van der Waals surface area contributed by atoms with Crippen LogP contribution in [0.4, 0.5) is 0 Å². The predicted octanol–water partition coefficient (Wildman–Crippen LogP) is 4.47. The average molecular weight is 277 g/mol. The van der Waals surface area contributed by atoms with E-state index < -0.39 is 0 Å². The topological polar surface area (TPSA) is 25.2 Å². The molecule has 0 aliphatic carbocycles. The lowest BCUT2D eigenvalue weighted by Crippen LogP contribution is -2.22. The number of rotatable bonds is 5. The van der Waals surface area contributed by atoms with Crippen LogP contribution < -0.4 is 5.32 Å². The van der Waals surface area contributed by atoms with Crippen molar-refractivity contribution in [2.45, 2.75) is 19.5 Å². The van der Waals surface area contributed by atoms with Crippen LogP contribution >= 0.6 is 0 Å². The van der Waals surface area contributed by atoms with E-state index >= 15 is 0 Å². The highest BCUT2D eigenvalue weighted by Gasteiger charge is 2.15. The van der Waals surface area contributed by atoms with E-state index in [0.717, 1.165) is 5.76 Å². The molecule has 0 aliphatic rings. The van der Waals surface area contributed by atoms with Crippen LogP contribution in [0.3, 0.4) is 0 Å². The Kier molecular flexibility index (Phi) is 4.17. The van der Waals surface area contributed by atoms with Gasteiger partial charge in [-0.1, -0.05) is 54.6 Å². The van der Waals surface area contributed by atoms with Gasteiger partial charge in [0, 0.05) is 0 Å². The summed E-state index contributed by atoms with van der Waals surface area (Å²) in [4.78, 5) is 0. The summed E-state index contributed by atoms with van der Waals surface area (Å²) in [6.45, 7) is 2.86. The van der Waals surface area contributed by atoms with Gasteiger partial charge in [-0.3, -0.25) is 5.32 Å². The summed E-state index contributed by atoms with van der Waals surface area (Å²) in [5.41, 5.74) is 3.85. The highest BCUT2D eigenvalue weighted by molar-refractivity contribution is 5.36. The van der Waals surface area contributed by atoms with Crippen LogP contribution in [0, 0.1) is 6.92 Å². The lowest BCUT2D eigenvalue weighted by Gasteiger charge is -2.21. The predicted molar refractivity (Wildman–Crippen MR) is 85.0 cm³/mol. The Bertz CT molecular complexity index is 674.